The highest BCUT2D eigenvalue weighted by atomic mass is 16.5. The van der Waals surface area contributed by atoms with Gasteiger partial charge >= 0.3 is 5.97 Å². The van der Waals surface area contributed by atoms with E-state index >= 15 is 0 Å². The Labute approximate surface area is 165 Å². The zero-order valence-electron chi connectivity index (χ0n) is 17.5. The summed E-state index contributed by atoms with van der Waals surface area (Å²) in [5, 5.41) is 11.6. The fourth-order valence-corrected chi connectivity index (χ4v) is 2.94. The fraction of sp³-hybridized carbons (Fsp3) is 0.818. The number of ether oxygens (including phenoxy) is 1. The molecule has 0 aliphatic carbocycles. The molecular formula is C22H41NO4. The number of methoxy groups -OCH3 is 1. The van der Waals surface area contributed by atoms with Crippen LogP contribution in [0.4, 0.5) is 0 Å². The molecule has 0 radical (unpaired) electrons. The SMILES string of the molecule is CCCCCCCC/C=C\CCCCCCCC(=O)N[C@@H](CO)C(=O)OC. The third kappa shape index (κ3) is 16.5. The van der Waals surface area contributed by atoms with Gasteiger partial charge in [-0.05, 0) is 32.1 Å². The van der Waals surface area contributed by atoms with Crippen LogP contribution in [0, 0.1) is 0 Å². The molecule has 27 heavy (non-hydrogen) atoms. The molecule has 0 fully saturated rings. The van der Waals surface area contributed by atoms with E-state index in [1.165, 1.54) is 64.9 Å². The molecule has 2 N–H and O–H groups in total. The van der Waals surface area contributed by atoms with Crippen molar-refractivity contribution in [3.05, 3.63) is 12.2 Å². The van der Waals surface area contributed by atoms with Crippen LogP contribution < -0.4 is 5.32 Å². The number of rotatable bonds is 18. The highest BCUT2D eigenvalue weighted by Gasteiger charge is 2.19. The molecule has 5 nitrogen and oxygen atoms in total. The van der Waals surface area contributed by atoms with Gasteiger partial charge in [0.2, 0.25) is 5.91 Å². The van der Waals surface area contributed by atoms with Crippen molar-refractivity contribution >= 4 is 11.9 Å². The number of aliphatic hydroxyl groups excluding tert-OH is 1. The number of unbranched alkanes of at least 4 members (excludes halogenated alkanes) is 11. The first-order chi connectivity index (χ1) is 13.2. The normalized spacial score (nSPS) is 12.3. The Balaban J connectivity index is 3.42. The minimum Gasteiger partial charge on any atom is -0.467 e. The predicted octanol–water partition coefficient (Wildman–Crippen LogP) is 4.67. The van der Waals surface area contributed by atoms with Gasteiger partial charge in [-0.3, -0.25) is 4.79 Å². The Kier molecular flexibility index (Phi) is 18.4. The molecule has 0 unspecified atom stereocenters. The Hall–Kier alpha value is -1.36. The van der Waals surface area contributed by atoms with Crippen LogP contribution in [0.3, 0.4) is 0 Å². The highest BCUT2D eigenvalue weighted by Crippen LogP contribution is 2.10. The summed E-state index contributed by atoms with van der Waals surface area (Å²) in [5.74, 6) is -0.826. The third-order valence-electron chi connectivity index (χ3n) is 4.67. The zero-order valence-corrected chi connectivity index (χ0v) is 17.5. The van der Waals surface area contributed by atoms with Gasteiger partial charge in [0.1, 0.15) is 0 Å². The molecule has 0 aromatic carbocycles. The van der Waals surface area contributed by atoms with Crippen molar-refractivity contribution in [1.82, 2.24) is 5.32 Å². The van der Waals surface area contributed by atoms with Crippen LogP contribution in [0.25, 0.3) is 0 Å². The van der Waals surface area contributed by atoms with Gasteiger partial charge in [-0.1, -0.05) is 70.4 Å². The number of hydrogen-bond acceptors (Lipinski definition) is 4. The van der Waals surface area contributed by atoms with Crippen molar-refractivity contribution in [2.24, 2.45) is 0 Å². The Morgan fingerprint density at radius 2 is 1.41 bits per heavy atom. The Morgan fingerprint density at radius 1 is 0.889 bits per heavy atom. The average molecular weight is 384 g/mol. The first-order valence-corrected chi connectivity index (χ1v) is 10.8. The molecule has 0 aromatic heterocycles. The number of hydrogen-bond donors (Lipinski definition) is 2. The lowest BCUT2D eigenvalue weighted by Crippen LogP contribution is -2.43. The molecule has 0 bridgehead atoms. The zero-order chi connectivity index (χ0) is 20.2. The quantitative estimate of drug-likeness (QED) is 0.205. The van der Waals surface area contributed by atoms with Crippen LogP contribution in [0.15, 0.2) is 12.2 Å². The van der Waals surface area contributed by atoms with Gasteiger partial charge in [-0.25, -0.2) is 4.79 Å². The van der Waals surface area contributed by atoms with E-state index < -0.39 is 18.6 Å². The van der Waals surface area contributed by atoms with Crippen molar-refractivity contribution < 1.29 is 19.4 Å². The first-order valence-electron chi connectivity index (χ1n) is 10.8. The average Bonchev–Trinajstić information content (AvgIpc) is 2.68. The van der Waals surface area contributed by atoms with Crippen LogP contribution in [0.2, 0.25) is 0 Å². The van der Waals surface area contributed by atoms with Gasteiger partial charge in [0, 0.05) is 6.42 Å². The van der Waals surface area contributed by atoms with Crippen LogP contribution in [-0.2, 0) is 14.3 Å². The summed E-state index contributed by atoms with van der Waals surface area (Å²) in [6.07, 6.45) is 20.8. The molecule has 0 aliphatic rings. The van der Waals surface area contributed by atoms with Gasteiger partial charge in [0.25, 0.3) is 0 Å². The third-order valence-corrected chi connectivity index (χ3v) is 4.67. The topological polar surface area (TPSA) is 75.6 Å². The lowest BCUT2D eigenvalue weighted by atomic mass is 10.1. The number of carbonyl (C=O) groups is 2. The molecule has 0 aromatic rings. The standard InChI is InChI=1S/C22H41NO4/c1-3-4-5-6-7-8-9-10-11-12-13-14-15-16-17-18-21(25)23-20(19-24)22(26)27-2/h10-11,20,24H,3-9,12-19H2,1-2H3,(H,23,25)/b11-10-/t20-/m0/s1. The molecule has 0 rings (SSSR count). The summed E-state index contributed by atoms with van der Waals surface area (Å²) in [5.41, 5.74) is 0. The van der Waals surface area contributed by atoms with Crippen molar-refractivity contribution in [3.8, 4) is 0 Å². The summed E-state index contributed by atoms with van der Waals surface area (Å²) >= 11 is 0. The highest BCUT2D eigenvalue weighted by molar-refractivity contribution is 5.84. The molecule has 0 saturated heterocycles. The number of carbonyl (C=O) groups excluding carboxylic acids is 2. The van der Waals surface area contributed by atoms with E-state index in [-0.39, 0.29) is 5.91 Å². The lowest BCUT2D eigenvalue weighted by molar-refractivity contribution is -0.146. The second kappa shape index (κ2) is 19.4. The Bertz CT molecular complexity index is 396. The maximum absolute atomic E-state index is 11.7. The van der Waals surface area contributed by atoms with E-state index in [1.54, 1.807) is 0 Å². The Morgan fingerprint density at radius 3 is 1.93 bits per heavy atom. The van der Waals surface area contributed by atoms with Gasteiger partial charge in [0.05, 0.1) is 13.7 Å². The van der Waals surface area contributed by atoms with Crippen molar-refractivity contribution in [1.29, 1.82) is 0 Å². The maximum atomic E-state index is 11.7. The monoisotopic (exact) mass is 383 g/mol. The number of aliphatic hydroxyl groups is 1. The maximum Gasteiger partial charge on any atom is 0.330 e. The summed E-state index contributed by atoms with van der Waals surface area (Å²) < 4.78 is 4.52. The first kappa shape index (κ1) is 25.6. The molecular weight excluding hydrogens is 342 g/mol. The van der Waals surface area contributed by atoms with E-state index in [1.807, 2.05) is 0 Å². The summed E-state index contributed by atoms with van der Waals surface area (Å²) in [6.45, 7) is 1.81. The van der Waals surface area contributed by atoms with Gasteiger partial charge < -0.3 is 15.2 Å². The minimum atomic E-state index is -0.953. The number of nitrogens with one attached hydrogen (secondary N) is 1. The van der Waals surface area contributed by atoms with Crippen molar-refractivity contribution in [2.45, 2.75) is 103 Å². The molecule has 0 heterocycles. The molecule has 1 atom stereocenters. The van der Waals surface area contributed by atoms with Crippen LogP contribution in [0.1, 0.15) is 96.8 Å². The van der Waals surface area contributed by atoms with E-state index in [0.29, 0.717) is 6.42 Å². The second-order valence-corrected chi connectivity index (χ2v) is 7.16. The largest absolute Gasteiger partial charge is 0.467 e. The van der Waals surface area contributed by atoms with Crippen LogP contribution in [0.5, 0.6) is 0 Å². The number of esters is 1. The smallest absolute Gasteiger partial charge is 0.330 e. The van der Waals surface area contributed by atoms with E-state index in [0.717, 1.165) is 25.7 Å². The summed E-state index contributed by atoms with van der Waals surface area (Å²) in [6, 6.07) is -0.953. The molecule has 1 amide bonds. The molecule has 158 valence electrons. The lowest BCUT2D eigenvalue weighted by Gasteiger charge is -2.13. The minimum absolute atomic E-state index is 0.211. The molecule has 5 heteroatoms. The molecule has 0 spiro atoms. The van der Waals surface area contributed by atoms with E-state index in [2.05, 4.69) is 29.1 Å². The van der Waals surface area contributed by atoms with Crippen molar-refractivity contribution in [3.63, 3.8) is 0 Å². The molecule has 0 aliphatic heterocycles. The van der Waals surface area contributed by atoms with Gasteiger partial charge in [-0.15, -0.1) is 0 Å². The van der Waals surface area contributed by atoms with Gasteiger partial charge in [-0.2, -0.15) is 0 Å². The second-order valence-electron chi connectivity index (χ2n) is 7.16. The predicted molar refractivity (Wildman–Crippen MR) is 110 cm³/mol. The summed E-state index contributed by atoms with van der Waals surface area (Å²) in [7, 11) is 1.24. The molecule has 0 saturated carbocycles. The number of allylic oxidation sites excluding steroid dienone is 2. The van der Waals surface area contributed by atoms with Crippen LogP contribution in [-0.4, -0.2) is 36.7 Å². The van der Waals surface area contributed by atoms with Gasteiger partial charge in [0.15, 0.2) is 6.04 Å². The van der Waals surface area contributed by atoms with E-state index in [4.69, 9.17) is 5.11 Å². The fourth-order valence-electron chi connectivity index (χ4n) is 2.94. The summed E-state index contributed by atoms with van der Waals surface area (Å²) in [4.78, 5) is 23.0. The van der Waals surface area contributed by atoms with Crippen molar-refractivity contribution in [2.75, 3.05) is 13.7 Å². The van der Waals surface area contributed by atoms with Crippen LogP contribution >= 0.6 is 0 Å². The van der Waals surface area contributed by atoms with E-state index in [9.17, 15) is 9.59 Å². The number of amides is 1.